The van der Waals surface area contributed by atoms with Crippen LogP contribution in [0.15, 0.2) is 0 Å². The third-order valence-corrected chi connectivity index (χ3v) is 3.87. The number of hydrogen-bond donors (Lipinski definition) is 1. The Morgan fingerprint density at radius 3 is 2.57 bits per heavy atom. The van der Waals surface area contributed by atoms with Crippen molar-refractivity contribution in [1.82, 2.24) is 5.32 Å². The average molecular weight is 236 g/mol. The molecule has 1 atom stereocenters. The number of sulfone groups is 1. The predicted octanol–water partition coefficient (Wildman–Crippen LogP) is 0.266. The molecule has 0 saturated carbocycles. The van der Waals surface area contributed by atoms with E-state index in [-0.39, 0.29) is 11.8 Å². The fourth-order valence-corrected chi connectivity index (χ4v) is 3.08. The smallest absolute Gasteiger partial charge is 0.148 e. The summed E-state index contributed by atoms with van der Waals surface area (Å²) in [6.45, 7) is 0. The van der Waals surface area contributed by atoms with E-state index in [0.29, 0.717) is 5.75 Å². The Bertz CT molecular complexity index is 282. The van der Waals surface area contributed by atoms with Crippen LogP contribution in [0.3, 0.4) is 0 Å². The lowest BCUT2D eigenvalue weighted by atomic mass is 10.3. The van der Waals surface area contributed by atoms with E-state index in [1.807, 2.05) is 0 Å². The summed E-state index contributed by atoms with van der Waals surface area (Å²) in [4.78, 5) is 0. The molecule has 1 N–H and O–H groups in total. The number of nitrogens with one attached hydrogen (secondary N) is 1. The zero-order valence-electron chi connectivity index (χ0n) is 8.49. The number of rotatable bonds is 7. The fourth-order valence-electron chi connectivity index (χ4n) is 0.787. The quantitative estimate of drug-likeness (QED) is 0.642. The molecule has 0 aromatic carbocycles. The Balaban J connectivity index is 3.44. The Morgan fingerprint density at radius 2 is 2.14 bits per heavy atom. The number of nitriles is 1. The first-order valence-corrected chi connectivity index (χ1v) is 7.53. The molecule has 6 heteroatoms. The van der Waals surface area contributed by atoms with Crippen molar-refractivity contribution < 1.29 is 8.42 Å². The molecule has 0 radical (unpaired) electrons. The third kappa shape index (κ3) is 8.35. The molecule has 0 heterocycles. The molecule has 0 aliphatic rings. The van der Waals surface area contributed by atoms with Gasteiger partial charge in [-0.25, -0.2) is 8.42 Å². The summed E-state index contributed by atoms with van der Waals surface area (Å²) < 4.78 is 21.5. The van der Waals surface area contributed by atoms with Gasteiger partial charge in [0.15, 0.2) is 0 Å². The maximum absolute atomic E-state index is 10.8. The lowest BCUT2D eigenvalue weighted by molar-refractivity contribution is 0.603. The van der Waals surface area contributed by atoms with Gasteiger partial charge < -0.3 is 5.32 Å². The summed E-state index contributed by atoms with van der Waals surface area (Å²) in [5.74, 6) is 1.64. The minimum atomic E-state index is -2.84. The lowest BCUT2D eigenvalue weighted by Crippen LogP contribution is -2.23. The molecular formula is C8H16N2O2S2. The van der Waals surface area contributed by atoms with Gasteiger partial charge in [-0.05, 0) is 19.2 Å². The molecule has 0 bridgehead atoms. The Morgan fingerprint density at radius 1 is 1.50 bits per heavy atom. The van der Waals surface area contributed by atoms with Crippen LogP contribution in [0.4, 0.5) is 0 Å². The first-order chi connectivity index (χ1) is 6.49. The van der Waals surface area contributed by atoms with Crippen molar-refractivity contribution in [3.05, 3.63) is 0 Å². The van der Waals surface area contributed by atoms with Crippen LogP contribution in [0, 0.1) is 11.3 Å². The van der Waals surface area contributed by atoms with Crippen molar-refractivity contribution in [2.24, 2.45) is 0 Å². The molecule has 0 aromatic rings. The van der Waals surface area contributed by atoms with Gasteiger partial charge >= 0.3 is 0 Å². The number of hydrogen-bond acceptors (Lipinski definition) is 5. The SMILES string of the molecule is CNC(C#N)CCSCCS(C)(=O)=O. The van der Waals surface area contributed by atoms with Crippen LogP contribution < -0.4 is 5.32 Å². The van der Waals surface area contributed by atoms with E-state index in [2.05, 4.69) is 11.4 Å². The predicted molar refractivity (Wildman–Crippen MR) is 60.1 cm³/mol. The number of nitrogens with zero attached hydrogens (tertiary/aromatic N) is 1. The van der Waals surface area contributed by atoms with E-state index < -0.39 is 9.84 Å². The number of thioether (sulfide) groups is 1. The summed E-state index contributed by atoms with van der Waals surface area (Å²) in [5, 5.41) is 11.5. The van der Waals surface area contributed by atoms with E-state index in [1.54, 1.807) is 18.8 Å². The van der Waals surface area contributed by atoms with Gasteiger partial charge in [0.1, 0.15) is 9.84 Å². The second kappa shape index (κ2) is 7.10. The highest BCUT2D eigenvalue weighted by Gasteiger charge is 2.04. The van der Waals surface area contributed by atoms with Crippen molar-refractivity contribution in [3.8, 4) is 6.07 Å². The maximum Gasteiger partial charge on any atom is 0.148 e. The van der Waals surface area contributed by atoms with Crippen LogP contribution in [0.5, 0.6) is 0 Å². The zero-order valence-corrected chi connectivity index (χ0v) is 10.1. The normalized spacial score (nSPS) is 13.5. The van der Waals surface area contributed by atoms with Crippen LogP contribution in [0.1, 0.15) is 6.42 Å². The summed E-state index contributed by atoms with van der Waals surface area (Å²) in [7, 11) is -1.09. The molecule has 0 saturated heterocycles. The molecule has 0 aromatic heterocycles. The standard InChI is InChI=1S/C8H16N2O2S2/c1-10-8(7-9)3-4-13-5-6-14(2,11)12/h8,10H,3-6H2,1-2H3. The first kappa shape index (κ1) is 13.8. The maximum atomic E-state index is 10.8. The van der Waals surface area contributed by atoms with Crippen molar-refractivity contribution in [1.29, 1.82) is 5.26 Å². The molecular weight excluding hydrogens is 220 g/mol. The second-order valence-corrected chi connectivity index (χ2v) is 6.49. The van der Waals surface area contributed by atoms with E-state index >= 15 is 0 Å². The summed E-state index contributed by atoms with van der Waals surface area (Å²) in [6, 6.07) is 1.99. The van der Waals surface area contributed by atoms with Gasteiger partial charge in [0.25, 0.3) is 0 Å². The Kier molecular flexibility index (Phi) is 6.97. The average Bonchev–Trinajstić information content (AvgIpc) is 2.09. The Hall–Kier alpha value is -0.250. The minimum absolute atomic E-state index is 0.124. The molecule has 82 valence electrons. The van der Waals surface area contributed by atoms with E-state index in [0.717, 1.165) is 12.2 Å². The van der Waals surface area contributed by atoms with Crippen LogP contribution in [0.25, 0.3) is 0 Å². The summed E-state index contributed by atoms with van der Waals surface area (Å²) in [5.41, 5.74) is 0. The largest absolute Gasteiger partial charge is 0.305 e. The molecule has 4 nitrogen and oxygen atoms in total. The van der Waals surface area contributed by atoms with Crippen LogP contribution in [-0.4, -0.2) is 45.0 Å². The van der Waals surface area contributed by atoms with Crippen molar-refractivity contribution in [2.75, 3.05) is 30.6 Å². The third-order valence-electron chi connectivity index (χ3n) is 1.65. The van der Waals surface area contributed by atoms with Gasteiger partial charge in [-0.2, -0.15) is 17.0 Å². The van der Waals surface area contributed by atoms with E-state index in [1.165, 1.54) is 6.26 Å². The fraction of sp³-hybridized carbons (Fsp3) is 0.875. The molecule has 0 fully saturated rings. The van der Waals surface area contributed by atoms with Gasteiger partial charge in [0.05, 0.1) is 17.9 Å². The van der Waals surface area contributed by atoms with Crippen LogP contribution in [-0.2, 0) is 9.84 Å². The van der Waals surface area contributed by atoms with Gasteiger partial charge in [-0.1, -0.05) is 0 Å². The molecule has 1 unspecified atom stereocenters. The highest BCUT2D eigenvalue weighted by atomic mass is 32.2. The summed E-state index contributed by atoms with van der Waals surface area (Å²) >= 11 is 1.57. The van der Waals surface area contributed by atoms with E-state index in [4.69, 9.17) is 5.26 Å². The zero-order chi connectivity index (χ0) is 11.0. The van der Waals surface area contributed by atoms with Crippen molar-refractivity contribution in [3.63, 3.8) is 0 Å². The molecule has 14 heavy (non-hydrogen) atoms. The van der Waals surface area contributed by atoms with Gasteiger partial charge in [0, 0.05) is 12.0 Å². The van der Waals surface area contributed by atoms with Gasteiger partial charge in [-0.15, -0.1) is 0 Å². The minimum Gasteiger partial charge on any atom is -0.305 e. The van der Waals surface area contributed by atoms with E-state index in [9.17, 15) is 8.42 Å². The molecule has 0 amide bonds. The molecule has 0 aliphatic heterocycles. The molecule has 0 rings (SSSR count). The van der Waals surface area contributed by atoms with Gasteiger partial charge in [-0.3, -0.25) is 0 Å². The topological polar surface area (TPSA) is 70.0 Å². The van der Waals surface area contributed by atoms with Gasteiger partial charge in [0.2, 0.25) is 0 Å². The highest BCUT2D eigenvalue weighted by Crippen LogP contribution is 2.05. The molecule has 0 spiro atoms. The van der Waals surface area contributed by atoms with Crippen LogP contribution >= 0.6 is 11.8 Å². The first-order valence-electron chi connectivity index (χ1n) is 4.32. The highest BCUT2D eigenvalue weighted by molar-refractivity contribution is 8.00. The monoisotopic (exact) mass is 236 g/mol. The Labute approximate surface area is 90.0 Å². The van der Waals surface area contributed by atoms with Crippen LogP contribution in [0.2, 0.25) is 0 Å². The second-order valence-electron chi connectivity index (χ2n) is 3.00. The molecule has 0 aliphatic carbocycles. The summed E-state index contributed by atoms with van der Waals surface area (Å²) in [6.07, 6.45) is 1.99. The lowest BCUT2D eigenvalue weighted by Gasteiger charge is -2.06. The van der Waals surface area contributed by atoms with Crippen molar-refractivity contribution >= 4 is 21.6 Å². The van der Waals surface area contributed by atoms with Crippen molar-refractivity contribution in [2.45, 2.75) is 12.5 Å².